The van der Waals surface area contributed by atoms with Gasteiger partial charge in [-0.1, -0.05) is 43.2 Å². The SMILES string of the molecule is CC(Nc1nc2cnc(NC3CCC(N)CC3)nc2n1C1CCCC1)c1ccccc1.Cl.Cl. The molecule has 2 aliphatic rings. The van der Waals surface area contributed by atoms with Gasteiger partial charge in [0.15, 0.2) is 5.65 Å². The maximum atomic E-state index is 6.06. The summed E-state index contributed by atoms with van der Waals surface area (Å²) in [4.78, 5) is 14.4. The number of aromatic nitrogens is 4. The minimum atomic E-state index is 0. The van der Waals surface area contributed by atoms with Crippen molar-refractivity contribution in [3.8, 4) is 0 Å². The number of rotatable bonds is 6. The zero-order chi connectivity index (χ0) is 21.2. The van der Waals surface area contributed by atoms with E-state index in [9.17, 15) is 0 Å². The number of fused-ring (bicyclic) bond motifs is 1. The maximum Gasteiger partial charge on any atom is 0.224 e. The number of hydrogen-bond acceptors (Lipinski definition) is 6. The number of hydrogen-bond donors (Lipinski definition) is 3. The van der Waals surface area contributed by atoms with E-state index in [0.717, 1.165) is 42.8 Å². The van der Waals surface area contributed by atoms with Crippen molar-refractivity contribution in [2.24, 2.45) is 5.73 Å². The fourth-order valence-corrected chi connectivity index (χ4v) is 5.04. The molecule has 2 heterocycles. The highest BCUT2D eigenvalue weighted by molar-refractivity contribution is 5.85. The Balaban J connectivity index is 0.00000153. The van der Waals surface area contributed by atoms with E-state index < -0.39 is 0 Å². The van der Waals surface area contributed by atoms with Crippen molar-refractivity contribution in [2.75, 3.05) is 10.6 Å². The minimum Gasteiger partial charge on any atom is -0.351 e. The van der Waals surface area contributed by atoms with Crippen LogP contribution in [0.5, 0.6) is 0 Å². The molecule has 0 amide bonds. The molecule has 1 aromatic carbocycles. The number of benzene rings is 1. The molecule has 2 fully saturated rings. The highest BCUT2D eigenvalue weighted by Gasteiger charge is 2.25. The number of imidazole rings is 1. The van der Waals surface area contributed by atoms with Gasteiger partial charge in [-0.3, -0.25) is 4.57 Å². The largest absolute Gasteiger partial charge is 0.351 e. The van der Waals surface area contributed by atoms with E-state index >= 15 is 0 Å². The summed E-state index contributed by atoms with van der Waals surface area (Å²) in [6.45, 7) is 2.18. The fraction of sp³-hybridized carbons (Fsp3) is 0.542. The van der Waals surface area contributed by atoms with Crippen LogP contribution in [-0.4, -0.2) is 31.6 Å². The van der Waals surface area contributed by atoms with E-state index in [2.05, 4.69) is 51.4 Å². The van der Waals surface area contributed by atoms with Crippen LogP contribution < -0.4 is 16.4 Å². The predicted molar refractivity (Wildman–Crippen MR) is 140 cm³/mol. The predicted octanol–water partition coefficient (Wildman–Crippen LogP) is 5.64. The zero-order valence-electron chi connectivity index (χ0n) is 19.1. The highest BCUT2D eigenvalue weighted by atomic mass is 35.5. The standard InChI is InChI=1S/C24H33N7.2ClH/c1-16(17-7-3-2-4-8-17)27-24-29-21-15-26-23(28-19-13-11-18(25)12-14-19)30-22(21)31(24)20-9-5-6-10-20;;/h2-4,7-8,15-16,18-20H,5-6,9-14,25H2,1H3,(H,27,29)(H,26,28,30);2*1H. The molecule has 0 saturated heterocycles. The summed E-state index contributed by atoms with van der Waals surface area (Å²) in [5.41, 5.74) is 9.09. The van der Waals surface area contributed by atoms with E-state index in [4.69, 9.17) is 15.7 Å². The molecule has 33 heavy (non-hydrogen) atoms. The molecule has 180 valence electrons. The van der Waals surface area contributed by atoms with Crippen molar-refractivity contribution in [3.05, 3.63) is 42.1 Å². The van der Waals surface area contributed by atoms with Gasteiger partial charge in [0.1, 0.15) is 5.52 Å². The lowest BCUT2D eigenvalue weighted by Gasteiger charge is -2.26. The molecule has 2 saturated carbocycles. The summed E-state index contributed by atoms with van der Waals surface area (Å²) in [5, 5.41) is 7.20. The first-order valence-electron chi connectivity index (χ1n) is 11.8. The van der Waals surface area contributed by atoms with Gasteiger partial charge in [-0.2, -0.15) is 4.98 Å². The van der Waals surface area contributed by atoms with Crippen molar-refractivity contribution in [1.29, 1.82) is 0 Å². The first-order chi connectivity index (χ1) is 15.2. The van der Waals surface area contributed by atoms with Crippen LogP contribution in [0.1, 0.15) is 75.9 Å². The number of halogens is 2. The Bertz CT molecular complexity index is 1010. The average molecular weight is 492 g/mol. The Kier molecular flexibility index (Phi) is 8.79. The summed E-state index contributed by atoms with van der Waals surface area (Å²) in [7, 11) is 0. The molecule has 5 rings (SSSR count). The van der Waals surface area contributed by atoms with Crippen molar-refractivity contribution in [2.45, 2.75) is 82.5 Å². The van der Waals surface area contributed by atoms with Crippen LogP contribution in [0, 0.1) is 0 Å². The molecule has 1 atom stereocenters. The summed E-state index contributed by atoms with van der Waals surface area (Å²) in [5.74, 6) is 1.60. The Morgan fingerprint density at radius 2 is 1.67 bits per heavy atom. The van der Waals surface area contributed by atoms with Crippen LogP contribution in [0.2, 0.25) is 0 Å². The molecule has 2 aliphatic carbocycles. The van der Waals surface area contributed by atoms with Crippen LogP contribution in [-0.2, 0) is 0 Å². The van der Waals surface area contributed by atoms with E-state index in [-0.39, 0.29) is 30.9 Å². The monoisotopic (exact) mass is 491 g/mol. The lowest BCUT2D eigenvalue weighted by Crippen LogP contribution is -2.33. The molecule has 0 spiro atoms. The van der Waals surface area contributed by atoms with Gasteiger partial charge in [-0.15, -0.1) is 24.8 Å². The first kappa shape index (κ1) is 25.5. The first-order valence-corrected chi connectivity index (χ1v) is 11.8. The smallest absolute Gasteiger partial charge is 0.224 e. The number of anilines is 2. The van der Waals surface area contributed by atoms with Gasteiger partial charge in [0.25, 0.3) is 0 Å². The average Bonchev–Trinajstić information content (AvgIpc) is 3.43. The molecule has 3 aromatic rings. The molecule has 2 aromatic heterocycles. The van der Waals surface area contributed by atoms with Gasteiger partial charge in [0.2, 0.25) is 11.9 Å². The third-order valence-electron chi connectivity index (χ3n) is 6.87. The quantitative estimate of drug-likeness (QED) is 0.412. The van der Waals surface area contributed by atoms with E-state index in [0.29, 0.717) is 24.1 Å². The van der Waals surface area contributed by atoms with Crippen LogP contribution in [0.3, 0.4) is 0 Å². The maximum absolute atomic E-state index is 6.06. The summed E-state index contributed by atoms with van der Waals surface area (Å²) < 4.78 is 2.32. The Morgan fingerprint density at radius 1 is 0.970 bits per heavy atom. The lowest BCUT2D eigenvalue weighted by molar-refractivity contribution is 0.410. The second-order valence-electron chi connectivity index (χ2n) is 9.18. The van der Waals surface area contributed by atoms with Crippen LogP contribution in [0.4, 0.5) is 11.9 Å². The molecule has 4 N–H and O–H groups in total. The third kappa shape index (κ3) is 5.70. The Morgan fingerprint density at radius 3 is 2.36 bits per heavy atom. The summed E-state index contributed by atoms with van der Waals surface area (Å²) in [6, 6.07) is 11.8. The van der Waals surface area contributed by atoms with Crippen molar-refractivity contribution >= 4 is 47.9 Å². The molecule has 0 radical (unpaired) electrons. The van der Waals surface area contributed by atoms with Crippen molar-refractivity contribution in [3.63, 3.8) is 0 Å². The molecule has 0 aliphatic heterocycles. The molecule has 7 nitrogen and oxygen atoms in total. The Labute approximate surface area is 208 Å². The van der Waals surface area contributed by atoms with Crippen LogP contribution in [0.25, 0.3) is 11.2 Å². The van der Waals surface area contributed by atoms with Gasteiger partial charge >= 0.3 is 0 Å². The number of nitrogens with zero attached hydrogens (tertiary/aromatic N) is 4. The number of nitrogens with one attached hydrogen (secondary N) is 2. The summed E-state index contributed by atoms with van der Waals surface area (Å²) in [6.07, 6.45) is 11.0. The molecular weight excluding hydrogens is 457 g/mol. The third-order valence-corrected chi connectivity index (χ3v) is 6.87. The Hall–Kier alpha value is -2.09. The van der Waals surface area contributed by atoms with Crippen LogP contribution in [0.15, 0.2) is 36.5 Å². The van der Waals surface area contributed by atoms with Crippen molar-refractivity contribution < 1.29 is 0 Å². The van der Waals surface area contributed by atoms with E-state index in [1.165, 1.54) is 31.2 Å². The van der Waals surface area contributed by atoms with E-state index in [1.807, 2.05) is 12.3 Å². The van der Waals surface area contributed by atoms with Gasteiger partial charge in [-0.25, -0.2) is 9.97 Å². The van der Waals surface area contributed by atoms with Gasteiger partial charge in [0, 0.05) is 18.1 Å². The van der Waals surface area contributed by atoms with Gasteiger partial charge in [-0.05, 0) is 51.0 Å². The molecule has 0 bridgehead atoms. The fourth-order valence-electron chi connectivity index (χ4n) is 5.04. The van der Waals surface area contributed by atoms with Crippen LogP contribution >= 0.6 is 24.8 Å². The molecule has 1 unspecified atom stereocenters. The topological polar surface area (TPSA) is 93.7 Å². The highest BCUT2D eigenvalue weighted by Crippen LogP contribution is 2.36. The van der Waals surface area contributed by atoms with Gasteiger partial charge in [0.05, 0.1) is 12.2 Å². The zero-order valence-corrected chi connectivity index (χ0v) is 20.7. The van der Waals surface area contributed by atoms with Crippen molar-refractivity contribution in [1.82, 2.24) is 19.5 Å². The minimum absolute atomic E-state index is 0. The second-order valence-corrected chi connectivity index (χ2v) is 9.18. The normalized spacial score (nSPS) is 21.8. The lowest BCUT2D eigenvalue weighted by atomic mass is 9.92. The molecule has 9 heteroatoms. The van der Waals surface area contributed by atoms with E-state index in [1.54, 1.807) is 0 Å². The second kappa shape index (κ2) is 11.4. The number of nitrogens with two attached hydrogens (primary N) is 1. The summed E-state index contributed by atoms with van der Waals surface area (Å²) >= 11 is 0. The van der Waals surface area contributed by atoms with Gasteiger partial charge < -0.3 is 16.4 Å². The molecular formula is C24H35Cl2N7.